The van der Waals surface area contributed by atoms with E-state index in [0.717, 1.165) is 25.2 Å². The molecule has 1 unspecified atom stereocenters. The van der Waals surface area contributed by atoms with Crippen molar-refractivity contribution >= 4 is 17.4 Å². The van der Waals surface area contributed by atoms with Crippen LogP contribution in [0.4, 0.5) is 5.69 Å². The van der Waals surface area contributed by atoms with Crippen molar-refractivity contribution < 1.29 is 18.7 Å². The average molecular weight is 356 g/mol. The molecule has 6 heteroatoms. The topological polar surface area (TPSA) is 71.8 Å². The zero-order valence-electron chi connectivity index (χ0n) is 14.9. The minimum Gasteiger partial charge on any atom is -0.468 e. The smallest absolute Gasteiger partial charge is 0.238 e. The molecule has 1 aliphatic rings. The van der Waals surface area contributed by atoms with Crippen molar-refractivity contribution in [3.05, 3.63) is 54.0 Å². The number of nitrogens with zero attached hydrogens (tertiary/aromatic N) is 1. The number of anilines is 1. The van der Waals surface area contributed by atoms with E-state index >= 15 is 0 Å². The number of carbonyl (C=O) groups is 2. The summed E-state index contributed by atoms with van der Waals surface area (Å²) in [5.74, 6) is 0.656. The van der Waals surface area contributed by atoms with Crippen molar-refractivity contribution in [2.45, 2.75) is 32.4 Å². The SMILES string of the molecule is CC(=O)c1cccc(NC(=O)CN(Cc2ccco2)CC2CCCO2)c1. The number of hydrogen-bond donors (Lipinski definition) is 1. The second kappa shape index (κ2) is 8.78. The van der Waals surface area contributed by atoms with E-state index in [1.807, 2.05) is 17.0 Å². The number of ether oxygens (including phenoxy) is 1. The minimum atomic E-state index is -0.129. The zero-order chi connectivity index (χ0) is 18.4. The van der Waals surface area contributed by atoms with Gasteiger partial charge in [0.1, 0.15) is 5.76 Å². The van der Waals surface area contributed by atoms with Crippen LogP contribution < -0.4 is 5.32 Å². The first-order chi connectivity index (χ1) is 12.6. The van der Waals surface area contributed by atoms with E-state index in [1.165, 1.54) is 6.92 Å². The van der Waals surface area contributed by atoms with Crippen molar-refractivity contribution in [1.82, 2.24) is 4.90 Å². The molecular weight excluding hydrogens is 332 g/mol. The van der Waals surface area contributed by atoms with E-state index in [1.54, 1.807) is 30.5 Å². The van der Waals surface area contributed by atoms with Crippen LogP contribution in [-0.2, 0) is 16.1 Å². The van der Waals surface area contributed by atoms with Gasteiger partial charge in [-0.3, -0.25) is 14.5 Å². The fraction of sp³-hybridized carbons (Fsp3) is 0.400. The van der Waals surface area contributed by atoms with Gasteiger partial charge in [-0.25, -0.2) is 0 Å². The van der Waals surface area contributed by atoms with Crippen molar-refractivity contribution in [2.24, 2.45) is 0 Å². The van der Waals surface area contributed by atoms with Crippen LogP contribution in [0.2, 0.25) is 0 Å². The molecule has 0 bridgehead atoms. The van der Waals surface area contributed by atoms with Gasteiger partial charge in [0.05, 0.1) is 25.5 Å². The minimum absolute atomic E-state index is 0.0288. The van der Waals surface area contributed by atoms with Crippen LogP contribution in [-0.4, -0.2) is 42.4 Å². The van der Waals surface area contributed by atoms with Gasteiger partial charge < -0.3 is 14.5 Å². The molecule has 1 aromatic heterocycles. The molecule has 1 saturated heterocycles. The zero-order valence-corrected chi connectivity index (χ0v) is 14.9. The molecule has 1 atom stereocenters. The van der Waals surface area contributed by atoms with Crippen molar-refractivity contribution in [1.29, 1.82) is 0 Å². The van der Waals surface area contributed by atoms with E-state index in [9.17, 15) is 9.59 Å². The van der Waals surface area contributed by atoms with Crippen molar-refractivity contribution in [3.8, 4) is 0 Å². The second-order valence-electron chi connectivity index (χ2n) is 6.57. The molecule has 2 aromatic rings. The summed E-state index contributed by atoms with van der Waals surface area (Å²) in [6.07, 6.45) is 3.85. The number of furan rings is 1. The van der Waals surface area contributed by atoms with E-state index in [4.69, 9.17) is 9.15 Å². The largest absolute Gasteiger partial charge is 0.468 e. The maximum absolute atomic E-state index is 12.5. The lowest BCUT2D eigenvalue weighted by atomic mass is 10.1. The predicted octanol–water partition coefficient (Wildman–Crippen LogP) is 3.10. The summed E-state index contributed by atoms with van der Waals surface area (Å²) in [6, 6.07) is 10.7. The Balaban J connectivity index is 1.62. The Morgan fingerprint density at radius 2 is 2.15 bits per heavy atom. The van der Waals surface area contributed by atoms with E-state index in [0.29, 0.717) is 24.3 Å². The van der Waals surface area contributed by atoms with Gasteiger partial charge in [-0.2, -0.15) is 0 Å². The average Bonchev–Trinajstić information content (AvgIpc) is 3.29. The monoisotopic (exact) mass is 356 g/mol. The number of benzene rings is 1. The molecule has 1 aromatic carbocycles. The summed E-state index contributed by atoms with van der Waals surface area (Å²) >= 11 is 0. The molecule has 6 nitrogen and oxygen atoms in total. The van der Waals surface area contributed by atoms with Crippen LogP contribution in [0.1, 0.15) is 35.9 Å². The highest BCUT2D eigenvalue weighted by molar-refractivity contribution is 5.97. The van der Waals surface area contributed by atoms with Gasteiger partial charge in [0.15, 0.2) is 5.78 Å². The lowest BCUT2D eigenvalue weighted by Gasteiger charge is -2.23. The molecule has 3 rings (SSSR count). The molecule has 1 fully saturated rings. The highest BCUT2D eigenvalue weighted by Gasteiger charge is 2.21. The summed E-state index contributed by atoms with van der Waals surface area (Å²) in [4.78, 5) is 26.0. The van der Waals surface area contributed by atoms with Crippen LogP contribution in [0.3, 0.4) is 0 Å². The summed E-state index contributed by atoms with van der Waals surface area (Å²) in [7, 11) is 0. The Hall–Kier alpha value is -2.44. The number of Topliss-reactive ketones (excluding diaryl/α,β-unsaturated/α-hetero) is 1. The quantitative estimate of drug-likeness (QED) is 0.736. The fourth-order valence-corrected chi connectivity index (χ4v) is 3.10. The molecule has 0 spiro atoms. The molecule has 26 heavy (non-hydrogen) atoms. The van der Waals surface area contributed by atoms with Gasteiger partial charge in [-0.1, -0.05) is 12.1 Å². The summed E-state index contributed by atoms with van der Waals surface area (Å²) in [5.41, 5.74) is 1.20. The number of hydrogen-bond acceptors (Lipinski definition) is 5. The third kappa shape index (κ3) is 5.28. The maximum Gasteiger partial charge on any atom is 0.238 e. The molecule has 1 amide bonds. The molecule has 1 N–H and O–H groups in total. The van der Waals surface area contributed by atoms with Gasteiger partial charge in [-0.05, 0) is 44.0 Å². The molecule has 138 valence electrons. The molecule has 0 radical (unpaired) electrons. The Morgan fingerprint density at radius 3 is 2.85 bits per heavy atom. The molecule has 2 heterocycles. The molecular formula is C20H24N2O4. The van der Waals surface area contributed by atoms with Crippen molar-refractivity contribution in [2.75, 3.05) is 25.0 Å². The summed E-state index contributed by atoms with van der Waals surface area (Å²) in [6.45, 7) is 3.75. The van der Waals surface area contributed by atoms with Gasteiger partial charge in [-0.15, -0.1) is 0 Å². The van der Waals surface area contributed by atoms with E-state index in [-0.39, 0.29) is 24.3 Å². The van der Waals surface area contributed by atoms with Crippen LogP contribution in [0.25, 0.3) is 0 Å². The Kier molecular flexibility index (Phi) is 6.20. The third-order valence-corrected chi connectivity index (χ3v) is 4.37. The highest BCUT2D eigenvalue weighted by atomic mass is 16.5. The summed E-state index contributed by atoms with van der Waals surface area (Å²) < 4.78 is 11.1. The standard InChI is InChI=1S/C20H24N2O4/c1-15(23)16-5-2-6-17(11-16)21-20(24)14-22(12-18-7-3-9-25-18)13-19-8-4-10-26-19/h2-3,5-7,9,11,19H,4,8,10,12-14H2,1H3,(H,21,24). The van der Waals surface area contributed by atoms with E-state index in [2.05, 4.69) is 5.32 Å². The highest BCUT2D eigenvalue weighted by Crippen LogP contribution is 2.16. The number of amides is 1. The van der Waals surface area contributed by atoms with E-state index < -0.39 is 0 Å². The Morgan fingerprint density at radius 1 is 1.27 bits per heavy atom. The second-order valence-corrected chi connectivity index (χ2v) is 6.57. The van der Waals surface area contributed by atoms with Gasteiger partial charge in [0, 0.05) is 24.4 Å². The number of carbonyl (C=O) groups excluding carboxylic acids is 2. The Bertz CT molecular complexity index is 736. The van der Waals surface area contributed by atoms with Crippen molar-refractivity contribution in [3.63, 3.8) is 0 Å². The van der Waals surface area contributed by atoms with Crippen LogP contribution in [0.5, 0.6) is 0 Å². The first-order valence-electron chi connectivity index (χ1n) is 8.87. The fourth-order valence-electron chi connectivity index (χ4n) is 3.10. The third-order valence-electron chi connectivity index (χ3n) is 4.37. The number of nitrogens with one attached hydrogen (secondary N) is 1. The molecule has 0 aliphatic carbocycles. The lowest BCUT2D eigenvalue weighted by Crippen LogP contribution is -2.37. The van der Waals surface area contributed by atoms with Gasteiger partial charge in [0.25, 0.3) is 0 Å². The summed E-state index contributed by atoms with van der Waals surface area (Å²) in [5, 5.41) is 2.87. The molecule has 0 saturated carbocycles. The first kappa shape index (κ1) is 18.4. The first-order valence-corrected chi connectivity index (χ1v) is 8.87. The van der Waals surface area contributed by atoms with Crippen LogP contribution in [0, 0.1) is 0 Å². The lowest BCUT2D eigenvalue weighted by molar-refractivity contribution is -0.117. The normalized spacial score (nSPS) is 16.8. The molecule has 1 aliphatic heterocycles. The Labute approximate surface area is 153 Å². The maximum atomic E-state index is 12.5. The van der Waals surface area contributed by atoms with Gasteiger partial charge >= 0.3 is 0 Å². The van der Waals surface area contributed by atoms with Gasteiger partial charge in [0.2, 0.25) is 5.91 Å². The van der Waals surface area contributed by atoms with Crippen LogP contribution >= 0.6 is 0 Å². The van der Waals surface area contributed by atoms with Crippen LogP contribution in [0.15, 0.2) is 47.1 Å². The number of ketones is 1. The number of rotatable bonds is 8. The predicted molar refractivity (Wildman–Crippen MR) is 98.0 cm³/mol.